The van der Waals surface area contributed by atoms with Gasteiger partial charge in [-0.15, -0.1) is 0 Å². The fourth-order valence-electron chi connectivity index (χ4n) is 2.11. The summed E-state index contributed by atoms with van der Waals surface area (Å²) in [5.41, 5.74) is 1.76. The zero-order valence-electron chi connectivity index (χ0n) is 12.2. The molecule has 0 aliphatic heterocycles. The van der Waals surface area contributed by atoms with Gasteiger partial charge in [0.2, 0.25) is 0 Å². The second-order valence-electron chi connectivity index (χ2n) is 5.19. The molecule has 0 spiro atoms. The van der Waals surface area contributed by atoms with Gasteiger partial charge in [0, 0.05) is 11.5 Å². The fraction of sp³-hybridized carbons (Fsp3) is 0.278. The second kappa shape index (κ2) is 6.38. The summed E-state index contributed by atoms with van der Waals surface area (Å²) in [4.78, 5) is 12.4. The Labute approximate surface area is 120 Å². The van der Waals surface area contributed by atoms with Crippen molar-refractivity contribution in [2.75, 3.05) is 0 Å². The van der Waals surface area contributed by atoms with Crippen LogP contribution in [0.25, 0.3) is 0 Å². The van der Waals surface area contributed by atoms with E-state index in [0.29, 0.717) is 0 Å². The topological polar surface area (TPSA) is 26.3 Å². The Hall–Kier alpha value is -2.09. The summed E-state index contributed by atoms with van der Waals surface area (Å²) in [5.74, 6) is 0.796. The van der Waals surface area contributed by atoms with Gasteiger partial charge >= 0.3 is 0 Å². The molecule has 2 nitrogen and oxygen atoms in total. The van der Waals surface area contributed by atoms with E-state index in [1.165, 1.54) is 0 Å². The molecule has 104 valence electrons. The fourth-order valence-corrected chi connectivity index (χ4v) is 2.11. The standard InChI is InChI=1S/C18H20O2/c1-13(2)20-17-11-9-16(10-12-17)18(19)14(3)15-7-5-4-6-8-15/h4-14H,1-3H3. The SMILES string of the molecule is CC(C)Oc1ccc(C(=O)C(C)c2ccccc2)cc1. The molecule has 2 heteroatoms. The van der Waals surface area contributed by atoms with Crippen LogP contribution in [0, 0.1) is 0 Å². The molecule has 0 bridgehead atoms. The van der Waals surface area contributed by atoms with Crippen molar-refractivity contribution >= 4 is 5.78 Å². The van der Waals surface area contributed by atoms with Gasteiger partial charge in [-0.2, -0.15) is 0 Å². The number of carbonyl (C=O) groups is 1. The molecule has 1 atom stereocenters. The first-order chi connectivity index (χ1) is 9.58. The molecule has 0 radical (unpaired) electrons. The van der Waals surface area contributed by atoms with Gasteiger partial charge in [0.25, 0.3) is 0 Å². The number of Topliss-reactive ketones (excluding diaryl/α,β-unsaturated/α-hetero) is 1. The molecular weight excluding hydrogens is 248 g/mol. The predicted molar refractivity (Wildman–Crippen MR) is 81.4 cm³/mol. The van der Waals surface area contributed by atoms with Gasteiger partial charge in [0.15, 0.2) is 5.78 Å². The van der Waals surface area contributed by atoms with E-state index < -0.39 is 0 Å². The number of carbonyl (C=O) groups excluding carboxylic acids is 1. The molecule has 0 saturated heterocycles. The average molecular weight is 268 g/mol. The van der Waals surface area contributed by atoms with Crippen molar-refractivity contribution in [3.8, 4) is 5.75 Å². The Morgan fingerprint density at radius 3 is 2.05 bits per heavy atom. The largest absolute Gasteiger partial charge is 0.491 e. The summed E-state index contributed by atoms with van der Waals surface area (Å²) in [6.07, 6.45) is 0.139. The van der Waals surface area contributed by atoms with Gasteiger partial charge in [0.05, 0.1) is 6.10 Å². The quantitative estimate of drug-likeness (QED) is 0.748. The summed E-state index contributed by atoms with van der Waals surface area (Å²) in [6, 6.07) is 17.2. The Bertz CT molecular complexity index is 556. The molecule has 0 aliphatic rings. The van der Waals surface area contributed by atoms with Crippen LogP contribution in [-0.4, -0.2) is 11.9 Å². The molecule has 0 N–H and O–H groups in total. The Balaban J connectivity index is 2.13. The second-order valence-corrected chi connectivity index (χ2v) is 5.19. The van der Waals surface area contributed by atoms with E-state index in [2.05, 4.69) is 0 Å². The Morgan fingerprint density at radius 1 is 0.900 bits per heavy atom. The van der Waals surface area contributed by atoms with Crippen LogP contribution < -0.4 is 4.74 Å². The van der Waals surface area contributed by atoms with Gasteiger partial charge in [-0.25, -0.2) is 0 Å². The summed E-state index contributed by atoms with van der Waals surface area (Å²) < 4.78 is 5.58. The van der Waals surface area contributed by atoms with Gasteiger partial charge in [0.1, 0.15) is 5.75 Å². The Kier molecular flexibility index (Phi) is 4.57. The van der Waals surface area contributed by atoms with Crippen molar-refractivity contribution in [1.29, 1.82) is 0 Å². The lowest BCUT2D eigenvalue weighted by atomic mass is 9.92. The van der Waals surface area contributed by atoms with Gasteiger partial charge < -0.3 is 4.74 Å². The van der Waals surface area contributed by atoms with Crippen LogP contribution in [0.2, 0.25) is 0 Å². The van der Waals surface area contributed by atoms with E-state index in [4.69, 9.17) is 4.74 Å². The highest BCUT2D eigenvalue weighted by Crippen LogP contribution is 2.22. The lowest BCUT2D eigenvalue weighted by molar-refractivity contribution is 0.0966. The first kappa shape index (κ1) is 14.3. The lowest BCUT2D eigenvalue weighted by Crippen LogP contribution is -2.10. The minimum absolute atomic E-state index is 0.131. The minimum atomic E-state index is -0.131. The van der Waals surface area contributed by atoms with E-state index in [-0.39, 0.29) is 17.8 Å². The van der Waals surface area contributed by atoms with E-state index in [1.54, 1.807) is 0 Å². The van der Waals surface area contributed by atoms with Gasteiger partial charge in [-0.05, 0) is 43.7 Å². The highest BCUT2D eigenvalue weighted by atomic mass is 16.5. The maximum atomic E-state index is 12.4. The average Bonchev–Trinajstić information content (AvgIpc) is 2.47. The number of rotatable bonds is 5. The molecule has 0 saturated carbocycles. The molecule has 20 heavy (non-hydrogen) atoms. The number of hydrogen-bond acceptors (Lipinski definition) is 2. The van der Waals surface area contributed by atoms with Gasteiger partial charge in [-0.3, -0.25) is 4.79 Å². The van der Waals surface area contributed by atoms with Crippen molar-refractivity contribution in [2.24, 2.45) is 0 Å². The molecule has 0 fully saturated rings. The Morgan fingerprint density at radius 2 is 1.50 bits per heavy atom. The highest BCUT2D eigenvalue weighted by Gasteiger charge is 2.16. The summed E-state index contributed by atoms with van der Waals surface area (Å²) in [5, 5.41) is 0. The predicted octanol–water partition coefficient (Wildman–Crippen LogP) is 4.46. The van der Waals surface area contributed by atoms with E-state index >= 15 is 0 Å². The number of ether oxygens (including phenoxy) is 1. The molecule has 0 aromatic heterocycles. The molecule has 0 amide bonds. The first-order valence-electron chi connectivity index (χ1n) is 6.94. The minimum Gasteiger partial charge on any atom is -0.491 e. The third kappa shape index (κ3) is 3.47. The van der Waals surface area contributed by atoms with Crippen molar-refractivity contribution in [3.63, 3.8) is 0 Å². The number of ketones is 1. The monoisotopic (exact) mass is 268 g/mol. The van der Waals surface area contributed by atoms with Crippen LogP contribution in [0.1, 0.15) is 42.6 Å². The molecule has 0 aliphatic carbocycles. The smallest absolute Gasteiger partial charge is 0.170 e. The normalized spacial score (nSPS) is 12.2. The first-order valence-corrected chi connectivity index (χ1v) is 6.94. The van der Waals surface area contributed by atoms with Crippen LogP contribution >= 0.6 is 0 Å². The molecular formula is C18H20O2. The van der Waals surface area contributed by atoms with E-state index in [0.717, 1.165) is 16.9 Å². The molecule has 2 rings (SSSR count). The maximum absolute atomic E-state index is 12.4. The molecule has 1 unspecified atom stereocenters. The summed E-state index contributed by atoms with van der Waals surface area (Å²) in [6.45, 7) is 5.91. The van der Waals surface area contributed by atoms with E-state index in [9.17, 15) is 4.79 Å². The van der Waals surface area contributed by atoms with Crippen LogP contribution in [0.3, 0.4) is 0 Å². The van der Waals surface area contributed by atoms with Crippen LogP contribution in [0.5, 0.6) is 5.75 Å². The highest BCUT2D eigenvalue weighted by molar-refractivity contribution is 6.00. The van der Waals surface area contributed by atoms with Crippen LogP contribution in [0.15, 0.2) is 54.6 Å². The lowest BCUT2D eigenvalue weighted by Gasteiger charge is -2.12. The van der Waals surface area contributed by atoms with Crippen LogP contribution in [-0.2, 0) is 0 Å². The van der Waals surface area contributed by atoms with Crippen molar-refractivity contribution in [3.05, 3.63) is 65.7 Å². The van der Waals surface area contributed by atoms with Crippen molar-refractivity contribution < 1.29 is 9.53 Å². The molecule has 2 aromatic carbocycles. The zero-order chi connectivity index (χ0) is 14.5. The number of hydrogen-bond donors (Lipinski definition) is 0. The molecule has 2 aromatic rings. The van der Waals surface area contributed by atoms with Crippen molar-refractivity contribution in [2.45, 2.75) is 32.8 Å². The third-order valence-corrected chi connectivity index (χ3v) is 3.20. The third-order valence-electron chi connectivity index (χ3n) is 3.20. The van der Waals surface area contributed by atoms with Crippen LogP contribution in [0.4, 0.5) is 0 Å². The summed E-state index contributed by atoms with van der Waals surface area (Å²) >= 11 is 0. The van der Waals surface area contributed by atoms with Gasteiger partial charge in [-0.1, -0.05) is 37.3 Å². The van der Waals surface area contributed by atoms with E-state index in [1.807, 2.05) is 75.4 Å². The maximum Gasteiger partial charge on any atom is 0.170 e. The zero-order valence-corrected chi connectivity index (χ0v) is 12.2. The number of benzene rings is 2. The van der Waals surface area contributed by atoms with Crippen molar-refractivity contribution in [1.82, 2.24) is 0 Å². The molecule has 0 heterocycles. The summed E-state index contributed by atoms with van der Waals surface area (Å²) in [7, 11) is 0.